The number of hydrogen-bond donors (Lipinski definition) is 0. The minimum atomic E-state index is 0.689. The van der Waals surface area contributed by atoms with Gasteiger partial charge in [0.2, 0.25) is 0 Å². The van der Waals surface area contributed by atoms with E-state index in [9.17, 15) is 0 Å². The number of aromatic nitrogens is 5. The molecule has 0 saturated heterocycles. The standard InChI is InChI=1S/C52H33N5/c1-3-15-35(16-4-1)52-53-44(32-51(54-52)57-47-25-13-7-19-38(47)39-20-8-14-26-48(39)57)34-27-29-37(30-28-34)56-46-24-12-10-22-41(46)43-31-42-40-21-9-11-23-45(40)55(49(42)33-50(43)56)36-17-5-2-6-18-36/h1-33H. The average Bonchev–Trinajstić information content (AvgIpc) is 3.91. The monoisotopic (exact) mass is 727 g/mol. The van der Waals surface area contributed by atoms with Crippen molar-refractivity contribution in [3.05, 3.63) is 200 Å². The molecule has 5 heteroatoms. The minimum Gasteiger partial charge on any atom is -0.309 e. The largest absolute Gasteiger partial charge is 0.309 e. The lowest BCUT2D eigenvalue weighted by Crippen LogP contribution is -2.02. The van der Waals surface area contributed by atoms with Crippen LogP contribution >= 0.6 is 0 Å². The van der Waals surface area contributed by atoms with Crippen LogP contribution in [-0.2, 0) is 0 Å². The number of benzene rings is 8. The highest BCUT2D eigenvalue weighted by Gasteiger charge is 2.20. The van der Waals surface area contributed by atoms with Crippen molar-refractivity contribution >= 4 is 65.4 Å². The van der Waals surface area contributed by atoms with Gasteiger partial charge in [0.25, 0.3) is 0 Å². The first-order valence-corrected chi connectivity index (χ1v) is 19.3. The van der Waals surface area contributed by atoms with E-state index >= 15 is 0 Å². The Morgan fingerprint density at radius 2 is 0.719 bits per heavy atom. The highest BCUT2D eigenvalue weighted by atomic mass is 15.1. The van der Waals surface area contributed by atoms with Crippen molar-refractivity contribution in [3.63, 3.8) is 0 Å². The molecule has 4 heterocycles. The van der Waals surface area contributed by atoms with Crippen LogP contribution in [0.1, 0.15) is 0 Å². The van der Waals surface area contributed by atoms with Crippen molar-refractivity contribution in [1.29, 1.82) is 0 Å². The molecular formula is C52H33N5. The summed E-state index contributed by atoms with van der Waals surface area (Å²) < 4.78 is 7.06. The van der Waals surface area contributed by atoms with E-state index in [0.717, 1.165) is 45.0 Å². The van der Waals surface area contributed by atoms with Gasteiger partial charge in [-0.25, -0.2) is 9.97 Å². The molecule has 0 amide bonds. The lowest BCUT2D eigenvalue weighted by Gasteiger charge is -2.13. The summed E-state index contributed by atoms with van der Waals surface area (Å²) in [6.45, 7) is 0. The maximum Gasteiger partial charge on any atom is 0.162 e. The molecule has 0 unspecified atom stereocenters. The minimum absolute atomic E-state index is 0.689. The van der Waals surface area contributed by atoms with Gasteiger partial charge in [-0.1, -0.05) is 133 Å². The van der Waals surface area contributed by atoms with Crippen LogP contribution in [0.25, 0.3) is 105 Å². The molecule has 4 aromatic heterocycles. The zero-order valence-electron chi connectivity index (χ0n) is 30.8. The first kappa shape index (κ1) is 31.6. The van der Waals surface area contributed by atoms with Crippen molar-refractivity contribution in [2.24, 2.45) is 0 Å². The average molecular weight is 728 g/mol. The fourth-order valence-corrected chi connectivity index (χ4v) is 8.93. The third-order valence-electron chi connectivity index (χ3n) is 11.5. The highest BCUT2D eigenvalue weighted by Crippen LogP contribution is 2.40. The maximum absolute atomic E-state index is 5.21. The van der Waals surface area contributed by atoms with E-state index < -0.39 is 0 Å². The van der Waals surface area contributed by atoms with Gasteiger partial charge in [-0.15, -0.1) is 0 Å². The number of para-hydroxylation sites is 5. The predicted octanol–water partition coefficient (Wildman–Crippen LogP) is 13.1. The Bertz CT molecular complexity index is 3450. The summed E-state index contributed by atoms with van der Waals surface area (Å²) in [5.74, 6) is 1.52. The SMILES string of the molecule is c1ccc(-c2nc(-c3ccc(-n4c5ccccc5c5cc6c7ccccc7n(-c7ccccc7)c6cc54)cc3)cc(-n3c4ccccc4c4ccccc43)n2)cc1. The van der Waals surface area contributed by atoms with Crippen molar-refractivity contribution in [2.45, 2.75) is 0 Å². The zero-order valence-corrected chi connectivity index (χ0v) is 30.8. The Balaban J connectivity index is 1.06. The summed E-state index contributed by atoms with van der Waals surface area (Å²) in [4.78, 5) is 10.4. The molecular weight excluding hydrogens is 695 g/mol. The van der Waals surface area contributed by atoms with Crippen molar-refractivity contribution in [1.82, 2.24) is 23.7 Å². The van der Waals surface area contributed by atoms with Gasteiger partial charge >= 0.3 is 0 Å². The second-order valence-corrected chi connectivity index (χ2v) is 14.6. The van der Waals surface area contributed by atoms with E-state index in [2.05, 4.69) is 196 Å². The molecule has 12 aromatic rings. The quantitative estimate of drug-likeness (QED) is 0.177. The van der Waals surface area contributed by atoms with Crippen molar-refractivity contribution in [2.75, 3.05) is 0 Å². The smallest absolute Gasteiger partial charge is 0.162 e. The van der Waals surface area contributed by atoms with Crippen LogP contribution in [-0.4, -0.2) is 23.7 Å². The van der Waals surface area contributed by atoms with E-state index in [1.807, 2.05) is 18.2 Å². The zero-order chi connectivity index (χ0) is 37.5. The molecule has 0 aliphatic carbocycles. The molecule has 12 rings (SSSR count). The lowest BCUT2D eigenvalue weighted by atomic mass is 10.1. The van der Waals surface area contributed by atoms with Gasteiger partial charge in [0.15, 0.2) is 5.82 Å². The molecule has 0 aliphatic heterocycles. The molecule has 5 nitrogen and oxygen atoms in total. The molecule has 8 aromatic carbocycles. The second-order valence-electron chi connectivity index (χ2n) is 14.6. The summed E-state index contributed by atoms with van der Waals surface area (Å²) in [5.41, 5.74) is 12.0. The molecule has 0 saturated carbocycles. The topological polar surface area (TPSA) is 40.6 Å². The van der Waals surface area contributed by atoms with Crippen LogP contribution in [0.2, 0.25) is 0 Å². The molecule has 0 atom stereocenters. The third kappa shape index (κ3) is 4.82. The van der Waals surface area contributed by atoms with E-state index in [-0.39, 0.29) is 0 Å². The summed E-state index contributed by atoms with van der Waals surface area (Å²) in [6, 6.07) is 71.3. The summed E-state index contributed by atoms with van der Waals surface area (Å²) in [6.07, 6.45) is 0. The number of nitrogens with zero attached hydrogens (tertiary/aromatic N) is 5. The normalized spacial score (nSPS) is 11.9. The first-order valence-electron chi connectivity index (χ1n) is 19.3. The van der Waals surface area contributed by atoms with Crippen molar-refractivity contribution < 1.29 is 0 Å². The Morgan fingerprint density at radius 1 is 0.281 bits per heavy atom. The fraction of sp³-hybridized carbons (Fsp3) is 0. The van der Waals surface area contributed by atoms with Crippen LogP contribution in [0, 0.1) is 0 Å². The van der Waals surface area contributed by atoms with Gasteiger partial charge in [-0.3, -0.25) is 4.57 Å². The van der Waals surface area contributed by atoms with Crippen LogP contribution in [0.15, 0.2) is 200 Å². The Hall–Kier alpha value is -7.76. The van der Waals surface area contributed by atoms with Crippen LogP contribution < -0.4 is 0 Å². The molecule has 0 radical (unpaired) electrons. The second kappa shape index (κ2) is 12.4. The Morgan fingerprint density at radius 3 is 1.26 bits per heavy atom. The van der Waals surface area contributed by atoms with Crippen LogP contribution in [0.4, 0.5) is 0 Å². The third-order valence-corrected chi connectivity index (χ3v) is 11.5. The molecule has 0 fully saturated rings. The Kier molecular flexibility index (Phi) is 6.86. The summed E-state index contributed by atoms with van der Waals surface area (Å²) in [5, 5.41) is 7.36. The maximum atomic E-state index is 5.21. The van der Waals surface area contributed by atoms with Gasteiger partial charge in [0, 0.05) is 60.9 Å². The van der Waals surface area contributed by atoms with E-state index in [1.165, 1.54) is 54.4 Å². The molecule has 0 aliphatic rings. The van der Waals surface area contributed by atoms with Gasteiger partial charge in [0.1, 0.15) is 5.82 Å². The number of rotatable bonds is 5. The van der Waals surface area contributed by atoms with E-state index in [0.29, 0.717) is 5.82 Å². The Labute approximate surface area is 328 Å². The van der Waals surface area contributed by atoms with Gasteiger partial charge in [-0.2, -0.15) is 0 Å². The lowest BCUT2D eigenvalue weighted by molar-refractivity contribution is 1.05. The van der Waals surface area contributed by atoms with Crippen LogP contribution in [0.5, 0.6) is 0 Å². The molecule has 266 valence electrons. The van der Waals surface area contributed by atoms with Gasteiger partial charge in [0.05, 0.1) is 38.8 Å². The summed E-state index contributed by atoms with van der Waals surface area (Å²) in [7, 11) is 0. The molecule has 0 bridgehead atoms. The van der Waals surface area contributed by atoms with Crippen molar-refractivity contribution in [3.8, 4) is 39.8 Å². The van der Waals surface area contributed by atoms with E-state index in [4.69, 9.17) is 9.97 Å². The fourth-order valence-electron chi connectivity index (χ4n) is 8.93. The molecule has 57 heavy (non-hydrogen) atoms. The summed E-state index contributed by atoms with van der Waals surface area (Å²) >= 11 is 0. The number of hydrogen-bond acceptors (Lipinski definition) is 2. The first-order chi connectivity index (χ1) is 28.3. The number of fused-ring (bicyclic) bond motifs is 9. The predicted molar refractivity (Wildman–Crippen MR) is 236 cm³/mol. The van der Waals surface area contributed by atoms with Gasteiger partial charge in [-0.05, 0) is 60.7 Å². The van der Waals surface area contributed by atoms with Crippen LogP contribution in [0.3, 0.4) is 0 Å². The molecule has 0 N–H and O–H groups in total. The van der Waals surface area contributed by atoms with Gasteiger partial charge < -0.3 is 9.13 Å². The van der Waals surface area contributed by atoms with E-state index in [1.54, 1.807) is 0 Å². The molecule has 0 spiro atoms. The highest BCUT2D eigenvalue weighted by molar-refractivity contribution is 6.19.